The summed E-state index contributed by atoms with van der Waals surface area (Å²) in [6.45, 7) is 5.58. The Balaban J connectivity index is 1.23. The minimum absolute atomic E-state index is 0.235. The van der Waals surface area contributed by atoms with Crippen molar-refractivity contribution in [3.8, 4) is 22.5 Å². The van der Waals surface area contributed by atoms with Gasteiger partial charge in [-0.3, -0.25) is 14.5 Å². The van der Waals surface area contributed by atoms with E-state index in [9.17, 15) is 9.59 Å². The van der Waals surface area contributed by atoms with Crippen LogP contribution in [0.5, 0.6) is 0 Å². The number of carbonyl (C=O) groups is 2. The maximum atomic E-state index is 15.0. The summed E-state index contributed by atoms with van der Waals surface area (Å²) in [4.78, 5) is 41.2. The molecule has 1 aliphatic carbocycles. The summed E-state index contributed by atoms with van der Waals surface area (Å²) in [7, 11) is 1.60. The lowest BCUT2D eigenvalue weighted by atomic mass is 9.94. The molecule has 6 aromatic rings. The number of aromatic amines is 1. The molecule has 1 saturated heterocycles. The Labute approximate surface area is 342 Å². The monoisotopic (exact) mass is 807 g/mol. The van der Waals surface area contributed by atoms with Gasteiger partial charge in [0.05, 0.1) is 35.1 Å². The van der Waals surface area contributed by atoms with Crippen LogP contribution in [0.3, 0.4) is 0 Å². The van der Waals surface area contributed by atoms with Crippen LogP contribution < -0.4 is 15.5 Å². The van der Waals surface area contributed by atoms with Gasteiger partial charge in [-0.15, -0.1) is 0 Å². The van der Waals surface area contributed by atoms with E-state index >= 15 is 0 Å². The van der Waals surface area contributed by atoms with Crippen molar-refractivity contribution in [2.75, 3.05) is 43.4 Å². The third-order valence-corrected chi connectivity index (χ3v) is 12.2. The molecule has 2 amide bonds. The maximum absolute atomic E-state index is 15.0. The van der Waals surface area contributed by atoms with Crippen LogP contribution in [0, 0.1) is 0 Å². The molecule has 1 aliphatic heterocycles. The second kappa shape index (κ2) is 16.4. The summed E-state index contributed by atoms with van der Waals surface area (Å²) < 4.78 is 2.05. The molecule has 1 saturated carbocycles. The second-order valence-corrected chi connectivity index (χ2v) is 16.0. The zero-order chi connectivity index (χ0) is 38.9. The number of fused-ring (bicyclic) bond motifs is 1. The number of nitrogens with one attached hydrogen (secondary N) is 3. The van der Waals surface area contributed by atoms with E-state index in [1.807, 2.05) is 79.7 Å². The first-order chi connectivity index (χ1) is 27.2. The normalized spacial score (nSPS) is 15.9. The predicted molar refractivity (Wildman–Crippen MR) is 229 cm³/mol. The SMILES string of the molecule is CNC(=O)c1ccc(N2CCN(C3CCCCC3)CC2)c(NC(=O)c2[nH]c3cc(Cl)ccc3c2-c2c(-c3ccccc3)ncn2[C@@H](C)c2ccc(Cl)cc2Cl)c1. The fraction of sp³-hybridized carbons (Fsp3) is 0.295. The van der Waals surface area contributed by atoms with E-state index in [1.54, 1.807) is 25.5 Å². The highest BCUT2D eigenvalue weighted by atomic mass is 35.5. The van der Waals surface area contributed by atoms with Crippen LogP contribution in [-0.2, 0) is 0 Å². The zero-order valence-corrected chi connectivity index (χ0v) is 33.7. The van der Waals surface area contributed by atoms with Crippen molar-refractivity contribution in [1.82, 2.24) is 24.8 Å². The van der Waals surface area contributed by atoms with Gasteiger partial charge in [0.1, 0.15) is 5.69 Å². The molecule has 1 atom stereocenters. The lowest BCUT2D eigenvalue weighted by Gasteiger charge is -2.42. The van der Waals surface area contributed by atoms with Gasteiger partial charge in [0.25, 0.3) is 11.8 Å². The number of H-pyrrole nitrogens is 1. The smallest absolute Gasteiger partial charge is 0.272 e. The first-order valence-corrected chi connectivity index (χ1v) is 20.4. The molecule has 3 heterocycles. The van der Waals surface area contributed by atoms with E-state index < -0.39 is 0 Å². The van der Waals surface area contributed by atoms with Crippen LogP contribution >= 0.6 is 34.8 Å². The lowest BCUT2D eigenvalue weighted by molar-refractivity contribution is 0.0961. The summed E-state index contributed by atoms with van der Waals surface area (Å²) in [5.74, 6) is -0.603. The summed E-state index contributed by atoms with van der Waals surface area (Å²) in [5.41, 5.74) is 6.73. The van der Waals surface area contributed by atoms with Crippen molar-refractivity contribution in [3.05, 3.63) is 123 Å². The van der Waals surface area contributed by atoms with Gasteiger partial charge in [0, 0.05) is 81.9 Å². The van der Waals surface area contributed by atoms with Gasteiger partial charge in [-0.05, 0) is 67.8 Å². The number of benzene rings is 4. The predicted octanol–water partition coefficient (Wildman–Crippen LogP) is 10.3. The van der Waals surface area contributed by atoms with Crippen LogP contribution in [0.25, 0.3) is 33.4 Å². The van der Waals surface area contributed by atoms with E-state index in [0.29, 0.717) is 54.8 Å². The van der Waals surface area contributed by atoms with E-state index in [1.165, 1.54) is 32.1 Å². The quantitative estimate of drug-likeness (QED) is 0.135. The van der Waals surface area contributed by atoms with Crippen molar-refractivity contribution in [3.63, 3.8) is 0 Å². The Morgan fingerprint density at radius 1 is 0.839 bits per heavy atom. The van der Waals surface area contributed by atoms with Crippen molar-refractivity contribution in [2.45, 2.75) is 51.1 Å². The number of nitrogens with zero attached hydrogens (tertiary/aromatic N) is 4. The first kappa shape index (κ1) is 38.1. The standard InChI is InChI=1S/C44H44Cl3N7O2/c1-27(33-16-14-30(45)24-35(33)47)54-26-49-40(28-9-5-3-6-10-28)42(54)39-34-17-15-31(46)25-36(34)50-41(39)44(56)51-37-23-29(43(55)48-2)13-18-38(37)53-21-19-52(20-22-53)32-11-7-4-8-12-32/h3,5-6,9-10,13-18,23-27,32,50H,4,7-8,11-12,19-22H2,1-2H3,(H,48,55)(H,51,56)/t27-/m0/s1. The molecule has 2 fully saturated rings. The minimum Gasteiger partial charge on any atom is -0.367 e. The molecule has 4 aromatic carbocycles. The number of hydrogen-bond donors (Lipinski definition) is 3. The third kappa shape index (κ3) is 7.53. The van der Waals surface area contributed by atoms with Gasteiger partial charge in [0.2, 0.25) is 0 Å². The molecule has 288 valence electrons. The molecule has 2 aliphatic rings. The van der Waals surface area contributed by atoms with E-state index in [-0.39, 0.29) is 17.9 Å². The van der Waals surface area contributed by atoms with Crippen LogP contribution in [0.1, 0.15) is 71.5 Å². The topological polar surface area (TPSA) is 98.3 Å². The Morgan fingerprint density at radius 3 is 2.30 bits per heavy atom. The highest BCUT2D eigenvalue weighted by molar-refractivity contribution is 6.35. The third-order valence-electron chi connectivity index (χ3n) is 11.4. The molecular formula is C44H44Cl3N7O2. The van der Waals surface area contributed by atoms with Crippen LogP contribution in [0.15, 0.2) is 91.3 Å². The van der Waals surface area contributed by atoms with E-state index in [2.05, 4.69) is 30.0 Å². The Hall–Kier alpha value is -4.80. The molecular weight excluding hydrogens is 765 g/mol. The average Bonchev–Trinajstić information content (AvgIpc) is 3.82. The molecule has 0 radical (unpaired) electrons. The molecule has 9 nitrogen and oxygen atoms in total. The number of rotatable bonds is 9. The number of imidazole rings is 1. The van der Waals surface area contributed by atoms with Crippen molar-refractivity contribution < 1.29 is 9.59 Å². The Bertz CT molecular complexity index is 2400. The highest BCUT2D eigenvalue weighted by Crippen LogP contribution is 2.43. The van der Waals surface area contributed by atoms with Gasteiger partial charge in [-0.2, -0.15) is 0 Å². The molecule has 3 N–H and O–H groups in total. The molecule has 0 spiro atoms. The molecule has 8 rings (SSSR count). The Kier molecular flexibility index (Phi) is 11.1. The molecule has 12 heteroatoms. The van der Waals surface area contributed by atoms with Crippen molar-refractivity contribution in [2.24, 2.45) is 0 Å². The lowest BCUT2D eigenvalue weighted by Crippen LogP contribution is -2.51. The zero-order valence-electron chi connectivity index (χ0n) is 31.4. The average molecular weight is 809 g/mol. The van der Waals surface area contributed by atoms with Crippen LogP contribution in [-0.4, -0.2) is 70.5 Å². The molecule has 0 unspecified atom stereocenters. The minimum atomic E-state index is -0.368. The highest BCUT2D eigenvalue weighted by Gasteiger charge is 2.30. The number of hydrogen-bond acceptors (Lipinski definition) is 5. The molecule has 2 aromatic heterocycles. The summed E-state index contributed by atoms with van der Waals surface area (Å²) in [5, 5.41) is 8.37. The van der Waals surface area contributed by atoms with E-state index in [0.717, 1.165) is 54.1 Å². The van der Waals surface area contributed by atoms with Gasteiger partial charge in [0.15, 0.2) is 0 Å². The summed E-state index contributed by atoms with van der Waals surface area (Å²) in [6, 6.07) is 26.8. The van der Waals surface area contributed by atoms with Crippen molar-refractivity contribution >= 4 is 68.9 Å². The van der Waals surface area contributed by atoms with E-state index in [4.69, 9.17) is 39.8 Å². The Morgan fingerprint density at radius 2 is 1.57 bits per heavy atom. The second-order valence-electron chi connectivity index (χ2n) is 14.7. The number of halogens is 3. The largest absolute Gasteiger partial charge is 0.367 e. The fourth-order valence-electron chi connectivity index (χ4n) is 8.44. The van der Waals surface area contributed by atoms with Crippen LogP contribution in [0.2, 0.25) is 15.1 Å². The molecule has 56 heavy (non-hydrogen) atoms. The fourth-order valence-corrected chi connectivity index (χ4v) is 9.18. The van der Waals surface area contributed by atoms with Gasteiger partial charge in [-0.1, -0.05) is 96.5 Å². The number of amides is 2. The number of aromatic nitrogens is 3. The summed E-state index contributed by atoms with van der Waals surface area (Å²) >= 11 is 19.7. The van der Waals surface area contributed by atoms with Crippen LogP contribution in [0.4, 0.5) is 11.4 Å². The van der Waals surface area contributed by atoms with Gasteiger partial charge < -0.3 is 25.1 Å². The van der Waals surface area contributed by atoms with Gasteiger partial charge in [-0.25, -0.2) is 4.98 Å². The molecule has 0 bridgehead atoms. The number of carbonyl (C=O) groups excluding carboxylic acids is 2. The number of anilines is 2. The maximum Gasteiger partial charge on any atom is 0.272 e. The summed E-state index contributed by atoms with van der Waals surface area (Å²) in [6.07, 6.45) is 8.24. The first-order valence-electron chi connectivity index (χ1n) is 19.3. The van der Waals surface area contributed by atoms with Crippen molar-refractivity contribution in [1.29, 1.82) is 0 Å². The van der Waals surface area contributed by atoms with Gasteiger partial charge >= 0.3 is 0 Å². The number of piperazine rings is 1.